The monoisotopic (exact) mass is 189 g/mol. The molecule has 1 aromatic carbocycles. The largest absolute Gasteiger partial charge is 0.465 e. The smallest absolute Gasteiger partial charge is 0.236 e. The molecule has 72 valence electrons. The van der Waals surface area contributed by atoms with Gasteiger partial charge >= 0.3 is 0 Å². The Bertz CT molecular complexity index is 289. The van der Waals surface area contributed by atoms with E-state index in [9.17, 15) is 4.79 Å². The highest BCUT2D eigenvalue weighted by Crippen LogP contribution is 2.15. The average Bonchev–Trinajstić information content (AvgIpc) is 2.18. The third-order valence-corrected chi connectivity index (χ3v) is 1.82. The van der Waals surface area contributed by atoms with Crippen LogP contribution in [-0.4, -0.2) is 27.3 Å². The van der Waals surface area contributed by atoms with Gasteiger partial charge in [-0.25, -0.2) is 0 Å². The van der Waals surface area contributed by atoms with Gasteiger partial charge in [-0.2, -0.15) is 0 Å². The molecule has 0 aliphatic rings. The third-order valence-electron chi connectivity index (χ3n) is 1.82. The maximum Gasteiger partial charge on any atom is 0.236 e. The Hall–Kier alpha value is -1.29. The lowest BCUT2D eigenvalue weighted by atomic mass is 10.1. The molecule has 0 heterocycles. The van der Waals surface area contributed by atoms with Gasteiger partial charge in [-0.05, 0) is 12.6 Å². The molecule has 0 aliphatic heterocycles. The molecule has 2 radical (unpaired) electrons. The van der Waals surface area contributed by atoms with Gasteiger partial charge in [0.25, 0.3) is 0 Å². The van der Waals surface area contributed by atoms with Crippen LogP contribution in [0.2, 0.25) is 0 Å². The van der Waals surface area contributed by atoms with Crippen molar-refractivity contribution in [2.24, 2.45) is 0 Å². The van der Waals surface area contributed by atoms with E-state index in [1.54, 1.807) is 7.05 Å². The molecule has 1 atom stereocenters. The molecule has 14 heavy (non-hydrogen) atoms. The maximum atomic E-state index is 10.6. The Labute approximate surface area is 84.9 Å². The van der Waals surface area contributed by atoms with Gasteiger partial charge in [0.05, 0.1) is 0 Å². The zero-order chi connectivity index (χ0) is 10.4. The molecular weight excluding hydrogens is 177 g/mol. The second kappa shape index (κ2) is 5.45. The minimum Gasteiger partial charge on any atom is -0.465 e. The van der Waals surface area contributed by atoms with Gasteiger partial charge < -0.3 is 10.1 Å². The van der Waals surface area contributed by atoms with Gasteiger partial charge in [0.1, 0.15) is 6.10 Å². The molecule has 0 saturated heterocycles. The Balaban J connectivity index is 2.72. The quantitative estimate of drug-likeness (QED) is 0.724. The van der Waals surface area contributed by atoms with E-state index in [1.165, 1.54) is 0 Å². The molecule has 1 unspecified atom stereocenters. The summed E-state index contributed by atoms with van der Waals surface area (Å²) >= 11 is 0. The van der Waals surface area contributed by atoms with E-state index in [0.717, 1.165) is 5.56 Å². The van der Waals surface area contributed by atoms with E-state index in [-0.39, 0.29) is 6.10 Å². The lowest BCUT2D eigenvalue weighted by Crippen LogP contribution is -2.21. The Kier molecular flexibility index (Phi) is 4.20. The van der Waals surface area contributed by atoms with Crippen LogP contribution in [0.1, 0.15) is 11.7 Å². The number of rotatable bonds is 4. The molecule has 0 fully saturated rings. The summed E-state index contributed by atoms with van der Waals surface area (Å²) in [4.78, 5) is 10.6. The molecule has 4 heteroatoms. The van der Waals surface area contributed by atoms with Crippen molar-refractivity contribution < 1.29 is 9.53 Å². The average molecular weight is 189 g/mol. The first-order valence-corrected chi connectivity index (χ1v) is 4.39. The molecule has 3 nitrogen and oxygen atoms in total. The van der Waals surface area contributed by atoms with E-state index in [2.05, 4.69) is 5.32 Å². The minimum absolute atomic E-state index is 0.321. The first kappa shape index (κ1) is 10.8. The fourth-order valence-corrected chi connectivity index (χ4v) is 1.22. The molecule has 0 spiro atoms. The lowest BCUT2D eigenvalue weighted by Gasteiger charge is -2.17. The van der Waals surface area contributed by atoms with Gasteiger partial charge in [-0.15, -0.1) is 0 Å². The number of nitrogens with one attached hydrogen (secondary N) is 1. The van der Waals surface area contributed by atoms with Crippen LogP contribution in [0.3, 0.4) is 0 Å². The van der Waals surface area contributed by atoms with E-state index in [4.69, 9.17) is 12.6 Å². The number of carbonyl (C=O) groups excluding carboxylic acids is 1. The summed E-state index contributed by atoms with van der Waals surface area (Å²) in [5, 5.41) is 2.94. The summed E-state index contributed by atoms with van der Waals surface area (Å²) in [6, 6.07) is 9.48. The van der Waals surface area contributed by atoms with Crippen LogP contribution in [0.4, 0.5) is 4.79 Å². The van der Waals surface area contributed by atoms with Crippen molar-refractivity contribution in [1.82, 2.24) is 5.32 Å². The molecule has 0 bridgehead atoms. The van der Waals surface area contributed by atoms with E-state index < -0.39 is 5.87 Å². The van der Waals surface area contributed by atoms with Crippen LogP contribution in [0, 0.1) is 0 Å². The highest BCUT2D eigenvalue weighted by Gasteiger charge is 2.12. The van der Waals surface area contributed by atoms with Gasteiger partial charge in [0, 0.05) is 6.54 Å². The molecule has 0 amide bonds. The first-order chi connectivity index (χ1) is 6.74. The zero-order valence-corrected chi connectivity index (χ0v) is 8.07. The number of carbonyl (C=O) groups is 1. The standard InChI is InChI=1S/C10H12BNO2/c1-12-7-9(14-10(11)13)8-5-3-2-4-6-8/h2-6,9,12H,7H2,1H3. The fraction of sp³-hybridized carbons (Fsp3) is 0.300. The van der Waals surface area contributed by atoms with Gasteiger partial charge in [0.2, 0.25) is 13.7 Å². The van der Waals surface area contributed by atoms with Crippen molar-refractivity contribution in [3.8, 4) is 0 Å². The number of benzene rings is 1. The molecular formula is C10H12BNO2. The summed E-state index contributed by atoms with van der Waals surface area (Å²) in [5.41, 5.74) is 0.931. The Morgan fingerprint density at radius 2 is 2.14 bits per heavy atom. The van der Waals surface area contributed by atoms with Crippen LogP contribution >= 0.6 is 0 Å². The van der Waals surface area contributed by atoms with Crippen molar-refractivity contribution in [3.63, 3.8) is 0 Å². The molecule has 0 aliphatic carbocycles. The molecule has 1 aromatic rings. The van der Waals surface area contributed by atoms with Crippen molar-refractivity contribution in [2.75, 3.05) is 13.6 Å². The minimum atomic E-state index is -0.755. The van der Waals surface area contributed by atoms with Crippen molar-refractivity contribution in [2.45, 2.75) is 6.10 Å². The van der Waals surface area contributed by atoms with Gasteiger partial charge in [-0.3, -0.25) is 4.79 Å². The number of hydrogen-bond acceptors (Lipinski definition) is 3. The molecule has 1 rings (SSSR count). The topological polar surface area (TPSA) is 38.3 Å². The number of hydrogen-bond donors (Lipinski definition) is 1. The van der Waals surface area contributed by atoms with Crippen LogP contribution in [0.25, 0.3) is 0 Å². The molecule has 0 aromatic heterocycles. The van der Waals surface area contributed by atoms with Crippen molar-refractivity contribution in [1.29, 1.82) is 0 Å². The number of likely N-dealkylation sites (N-methyl/N-ethyl adjacent to an activating group) is 1. The van der Waals surface area contributed by atoms with Crippen LogP contribution in [0.15, 0.2) is 30.3 Å². The second-order valence-corrected chi connectivity index (χ2v) is 2.89. The SMILES string of the molecule is [B]C(=O)OC(CNC)c1ccccc1. The predicted molar refractivity (Wildman–Crippen MR) is 55.3 cm³/mol. The summed E-state index contributed by atoms with van der Waals surface area (Å²) in [7, 11) is 6.76. The highest BCUT2D eigenvalue weighted by atomic mass is 16.5. The summed E-state index contributed by atoms with van der Waals surface area (Å²) in [6.45, 7) is 0.549. The molecule has 0 saturated carbocycles. The Morgan fingerprint density at radius 1 is 1.50 bits per heavy atom. The van der Waals surface area contributed by atoms with Crippen LogP contribution in [-0.2, 0) is 4.74 Å². The van der Waals surface area contributed by atoms with Crippen molar-refractivity contribution in [3.05, 3.63) is 35.9 Å². The number of ether oxygens (including phenoxy) is 1. The van der Waals surface area contributed by atoms with E-state index >= 15 is 0 Å². The normalized spacial score (nSPS) is 12.1. The van der Waals surface area contributed by atoms with Crippen LogP contribution in [0.5, 0.6) is 0 Å². The summed E-state index contributed by atoms with van der Waals surface area (Å²) in [6.07, 6.45) is -0.321. The zero-order valence-electron chi connectivity index (χ0n) is 8.07. The summed E-state index contributed by atoms with van der Waals surface area (Å²) in [5.74, 6) is -0.755. The van der Waals surface area contributed by atoms with Crippen molar-refractivity contribution >= 4 is 13.7 Å². The fourth-order valence-electron chi connectivity index (χ4n) is 1.22. The third kappa shape index (κ3) is 3.22. The second-order valence-electron chi connectivity index (χ2n) is 2.89. The van der Waals surface area contributed by atoms with E-state index in [0.29, 0.717) is 6.54 Å². The highest BCUT2D eigenvalue weighted by molar-refractivity contribution is 6.55. The van der Waals surface area contributed by atoms with Gasteiger partial charge in [0.15, 0.2) is 0 Å². The van der Waals surface area contributed by atoms with Gasteiger partial charge in [-0.1, -0.05) is 30.3 Å². The Morgan fingerprint density at radius 3 is 2.64 bits per heavy atom. The summed E-state index contributed by atoms with van der Waals surface area (Å²) < 4.78 is 4.95. The maximum absolute atomic E-state index is 10.6. The lowest BCUT2D eigenvalue weighted by molar-refractivity contribution is 0.121. The van der Waals surface area contributed by atoms with E-state index in [1.807, 2.05) is 30.3 Å². The van der Waals surface area contributed by atoms with Crippen LogP contribution < -0.4 is 5.32 Å². The predicted octanol–water partition coefficient (Wildman–Crippen LogP) is 1.25. The first-order valence-electron chi connectivity index (χ1n) is 4.39. The molecule has 1 N–H and O–H groups in total.